The number of benzene rings is 2. The van der Waals surface area contributed by atoms with Gasteiger partial charge in [0.1, 0.15) is 5.75 Å². The Morgan fingerprint density at radius 1 is 1.26 bits per heavy atom. The first kappa shape index (κ1) is 14.0. The van der Waals surface area contributed by atoms with E-state index in [0.717, 1.165) is 0 Å². The molecule has 0 bridgehead atoms. The van der Waals surface area contributed by atoms with Crippen LogP contribution in [0.15, 0.2) is 36.4 Å². The van der Waals surface area contributed by atoms with E-state index in [9.17, 15) is 9.90 Å². The monoisotopic (exact) mass is 388 g/mol. The number of amides is 1. The Morgan fingerprint density at radius 2 is 2.00 bits per heavy atom. The number of phenolic OH excluding ortho intramolecular Hbond substituents is 1. The van der Waals surface area contributed by atoms with E-state index in [0.29, 0.717) is 25.5 Å². The number of carbonyl (C=O) groups excluding carboxylic acids is 1. The second-order valence-corrected chi connectivity index (χ2v) is 5.43. The van der Waals surface area contributed by atoms with E-state index >= 15 is 0 Å². The Bertz CT molecular complexity index is 647. The maximum atomic E-state index is 12.0. The first-order valence-electron chi connectivity index (χ1n) is 5.32. The van der Waals surface area contributed by atoms with Crippen LogP contribution < -0.4 is 11.1 Å². The van der Waals surface area contributed by atoms with Crippen LogP contribution in [0.4, 0.5) is 11.4 Å². The van der Waals surface area contributed by atoms with Gasteiger partial charge in [0, 0.05) is 11.3 Å². The lowest BCUT2D eigenvalue weighted by Crippen LogP contribution is -2.11. The number of nitrogens with two attached hydrogens (primary N) is 1. The number of carbonyl (C=O) groups is 1. The minimum Gasteiger partial charge on any atom is -0.507 e. The summed E-state index contributed by atoms with van der Waals surface area (Å²) in [5, 5.41) is 12.6. The Labute approximate surface area is 128 Å². The van der Waals surface area contributed by atoms with Gasteiger partial charge >= 0.3 is 0 Å². The van der Waals surface area contributed by atoms with Gasteiger partial charge in [0.25, 0.3) is 5.91 Å². The number of anilines is 2. The smallest absolute Gasteiger partial charge is 0.255 e. The van der Waals surface area contributed by atoms with Crippen LogP contribution in [0.1, 0.15) is 10.4 Å². The fourth-order valence-corrected chi connectivity index (χ4v) is 1.98. The lowest BCUT2D eigenvalue weighted by Gasteiger charge is -2.07. The normalized spacial score (nSPS) is 10.2. The minimum atomic E-state index is -0.326. The molecule has 0 heterocycles. The first-order chi connectivity index (χ1) is 8.97. The molecule has 2 rings (SSSR count). The van der Waals surface area contributed by atoms with Gasteiger partial charge in [-0.3, -0.25) is 4.79 Å². The second-order valence-electron chi connectivity index (χ2n) is 3.86. The zero-order valence-electron chi connectivity index (χ0n) is 9.65. The van der Waals surface area contributed by atoms with Crippen molar-refractivity contribution in [3.05, 3.63) is 50.6 Å². The largest absolute Gasteiger partial charge is 0.507 e. The van der Waals surface area contributed by atoms with Crippen LogP contribution in [-0.2, 0) is 0 Å². The summed E-state index contributed by atoms with van der Waals surface area (Å²) in [4.78, 5) is 12.0. The average Bonchev–Trinajstić information content (AvgIpc) is 2.37. The fourth-order valence-electron chi connectivity index (χ4n) is 1.46. The third kappa shape index (κ3) is 3.30. The third-order valence-corrected chi connectivity index (χ3v) is 3.71. The highest BCUT2D eigenvalue weighted by Crippen LogP contribution is 2.24. The number of halogens is 2. The number of phenols is 1. The van der Waals surface area contributed by atoms with Gasteiger partial charge in [0.15, 0.2) is 0 Å². The van der Waals surface area contributed by atoms with Crippen molar-refractivity contribution >= 4 is 51.5 Å². The number of nitrogens with one attached hydrogen (secondary N) is 1. The van der Waals surface area contributed by atoms with Crippen LogP contribution >= 0.6 is 34.2 Å². The van der Waals surface area contributed by atoms with Crippen LogP contribution in [0.2, 0.25) is 5.02 Å². The summed E-state index contributed by atoms with van der Waals surface area (Å²) in [7, 11) is 0. The zero-order valence-corrected chi connectivity index (χ0v) is 12.6. The van der Waals surface area contributed by atoms with E-state index < -0.39 is 0 Å². The number of nitrogen functional groups attached to an aromatic ring is 1. The van der Waals surface area contributed by atoms with E-state index in [1.54, 1.807) is 30.3 Å². The zero-order chi connectivity index (χ0) is 14.0. The predicted molar refractivity (Wildman–Crippen MR) is 84.6 cm³/mol. The highest BCUT2D eigenvalue weighted by Gasteiger charge is 2.09. The SMILES string of the molecule is Nc1ccc(NC(=O)c2ccc(I)c(O)c2)cc1Cl. The topological polar surface area (TPSA) is 75.3 Å². The maximum absolute atomic E-state index is 12.0. The van der Waals surface area contributed by atoms with Crippen molar-refractivity contribution in [3.8, 4) is 5.75 Å². The summed E-state index contributed by atoms with van der Waals surface area (Å²) in [6.07, 6.45) is 0. The van der Waals surface area contributed by atoms with Gasteiger partial charge in [-0.05, 0) is 59.0 Å². The van der Waals surface area contributed by atoms with Crippen molar-refractivity contribution in [2.24, 2.45) is 0 Å². The molecular formula is C13H10ClIN2O2. The fraction of sp³-hybridized carbons (Fsp3) is 0. The molecule has 0 aliphatic carbocycles. The van der Waals surface area contributed by atoms with Gasteiger partial charge < -0.3 is 16.2 Å². The van der Waals surface area contributed by atoms with E-state index in [1.807, 2.05) is 22.6 Å². The predicted octanol–water partition coefficient (Wildman–Crippen LogP) is 3.48. The van der Waals surface area contributed by atoms with Crippen LogP contribution in [0.5, 0.6) is 5.75 Å². The molecule has 4 N–H and O–H groups in total. The summed E-state index contributed by atoms with van der Waals surface area (Å²) >= 11 is 7.85. The summed E-state index contributed by atoms with van der Waals surface area (Å²) < 4.78 is 0.685. The van der Waals surface area contributed by atoms with Crippen LogP contribution in [0, 0.1) is 3.57 Å². The van der Waals surface area contributed by atoms with Crippen LogP contribution in [0.25, 0.3) is 0 Å². The van der Waals surface area contributed by atoms with Crippen LogP contribution in [0.3, 0.4) is 0 Å². The molecule has 0 fully saturated rings. The third-order valence-electron chi connectivity index (χ3n) is 2.47. The number of hydrogen-bond acceptors (Lipinski definition) is 3. The Balaban J connectivity index is 2.20. The van der Waals surface area contributed by atoms with Gasteiger partial charge in [-0.25, -0.2) is 0 Å². The van der Waals surface area contributed by atoms with Gasteiger partial charge in [-0.2, -0.15) is 0 Å². The number of hydrogen-bond donors (Lipinski definition) is 3. The molecule has 0 saturated heterocycles. The van der Waals surface area contributed by atoms with Gasteiger partial charge in [0.2, 0.25) is 0 Å². The summed E-state index contributed by atoms with van der Waals surface area (Å²) in [6, 6.07) is 9.56. The standard InChI is InChI=1S/C13H10ClIN2O2/c14-9-6-8(2-4-11(9)16)17-13(19)7-1-3-10(15)12(18)5-7/h1-6,18H,16H2,(H,17,19). The first-order valence-corrected chi connectivity index (χ1v) is 6.78. The summed E-state index contributed by atoms with van der Waals surface area (Å²) in [5.41, 5.74) is 6.95. The molecule has 2 aromatic carbocycles. The van der Waals surface area contributed by atoms with Gasteiger partial charge in [-0.15, -0.1) is 0 Å². The highest BCUT2D eigenvalue weighted by molar-refractivity contribution is 14.1. The van der Waals surface area contributed by atoms with Crippen molar-refractivity contribution in [1.29, 1.82) is 0 Å². The lowest BCUT2D eigenvalue weighted by molar-refractivity contribution is 0.102. The Hall–Kier alpha value is -1.47. The minimum absolute atomic E-state index is 0.0728. The molecule has 0 atom stereocenters. The van der Waals surface area contributed by atoms with E-state index in [-0.39, 0.29) is 11.7 Å². The molecule has 6 heteroatoms. The van der Waals surface area contributed by atoms with Crippen molar-refractivity contribution in [1.82, 2.24) is 0 Å². The number of aromatic hydroxyl groups is 1. The maximum Gasteiger partial charge on any atom is 0.255 e. The van der Waals surface area contributed by atoms with Crippen molar-refractivity contribution < 1.29 is 9.90 Å². The molecule has 0 aliphatic heterocycles. The van der Waals surface area contributed by atoms with E-state index in [4.69, 9.17) is 17.3 Å². The molecule has 98 valence electrons. The van der Waals surface area contributed by atoms with Crippen molar-refractivity contribution in [3.63, 3.8) is 0 Å². The summed E-state index contributed by atoms with van der Waals surface area (Å²) in [6.45, 7) is 0. The Kier molecular flexibility index (Phi) is 4.16. The molecule has 1 amide bonds. The van der Waals surface area contributed by atoms with Gasteiger partial charge in [-0.1, -0.05) is 11.6 Å². The molecular weight excluding hydrogens is 379 g/mol. The molecule has 0 aliphatic rings. The molecule has 0 aromatic heterocycles. The average molecular weight is 389 g/mol. The summed E-state index contributed by atoms with van der Waals surface area (Å²) in [5.74, 6) is -0.254. The van der Waals surface area contributed by atoms with Crippen molar-refractivity contribution in [2.75, 3.05) is 11.1 Å². The number of rotatable bonds is 2. The lowest BCUT2D eigenvalue weighted by atomic mass is 10.2. The molecule has 2 aromatic rings. The van der Waals surface area contributed by atoms with Crippen molar-refractivity contribution in [2.45, 2.75) is 0 Å². The molecule has 19 heavy (non-hydrogen) atoms. The molecule has 0 unspecified atom stereocenters. The molecule has 0 radical (unpaired) electrons. The van der Waals surface area contributed by atoms with E-state index in [1.165, 1.54) is 6.07 Å². The molecule has 4 nitrogen and oxygen atoms in total. The van der Waals surface area contributed by atoms with Crippen LogP contribution in [-0.4, -0.2) is 11.0 Å². The molecule has 0 spiro atoms. The van der Waals surface area contributed by atoms with Gasteiger partial charge in [0.05, 0.1) is 14.3 Å². The quantitative estimate of drug-likeness (QED) is 0.544. The van der Waals surface area contributed by atoms with E-state index in [2.05, 4.69) is 5.32 Å². The molecule has 0 saturated carbocycles. The Morgan fingerprint density at radius 3 is 2.63 bits per heavy atom. The second kappa shape index (κ2) is 5.66. The highest BCUT2D eigenvalue weighted by atomic mass is 127.